The lowest BCUT2D eigenvalue weighted by Crippen LogP contribution is -2.00. The first-order valence-electron chi connectivity index (χ1n) is 8.06. The van der Waals surface area contributed by atoms with Gasteiger partial charge >= 0.3 is 5.97 Å². The van der Waals surface area contributed by atoms with E-state index in [1.807, 2.05) is 19.1 Å². The molecule has 3 rings (SSSR count). The van der Waals surface area contributed by atoms with Crippen LogP contribution in [0.4, 0.5) is 0 Å². The van der Waals surface area contributed by atoms with Gasteiger partial charge in [0.1, 0.15) is 4.88 Å². The van der Waals surface area contributed by atoms with Crippen molar-refractivity contribution in [1.82, 2.24) is 0 Å². The molecule has 0 aliphatic heterocycles. The quantitative estimate of drug-likeness (QED) is 0.700. The summed E-state index contributed by atoms with van der Waals surface area (Å²) in [5, 5.41) is 9.27. The van der Waals surface area contributed by atoms with E-state index >= 15 is 0 Å². The second-order valence-corrected chi connectivity index (χ2v) is 8.70. The lowest BCUT2D eigenvalue weighted by Gasteiger charge is -2.21. The molecule has 2 aromatic rings. The monoisotopic (exact) mass is 360 g/mol. The van der Waals surface area contributed by atoms with Gasteiger partial charge in [-0.25, -0.2) is 4.79 Å². The van der Waals surface area contributed by atoms with Crippen LogP contribution in [0.25, 0.3) is 11.1 Å². The molecular weight excluding hydrogens is 340 g/mol. The highest BCUT2D eigenvalue weighted by Gasteiger charge is 2.23. The summed E-state index contributed by atoms with van der Waals surface area (Å²) in [6.45, 7) is 5.66. The first kappa shape index (κ1) is 17.1. The number of hydrogen-bond donors (Lipinski definition) is 1. The van der Waals surface area contributed by atoms with E-state index in [1.165, 1.54) is 32.9 Å². The molecule has 1 N–H and O–H groups in total. The summed E-state index contributed by atoms with van der Waals surface area (Å²) >= 11 is 2.89. The predicted molar refractivity (Wildman–Crippen MR) is 100 cm³/mol. The molecule has 5 heteroatoms. The summed E-state index contributed by atoms with van der Waals surface area (Å²) in [5.74, 6) is -0.759. The van der Waals surface area contributed by atoms with Crippen LogP contribution in [0.15, 0.2) is 12.1 Å². The average Bonchev–Trinajstić information content (AvgIpc) is 3.11. The molecule has 2 heterocycles. The highest BCUT2D eigenvalue weighted by molar-refractivity contribution is 7.14. The van der Waals surface area contributed by atoms with Crippen molar-refractivity contribution in [1.29, 1.82) is 0 Å². The number of rotatable bonds is 4. The molecule has 0 atom stereocenters. The Morgan fingerprint density at radius 2 is 1.38 bits per heavy atom. The van der Waals surface area contributed by atoms with Gasteiger partial charge in [-0.3, -0.25) is 4.79 Å². The van der Waals surface area contributed by atoms with E-state index < -0.39 is 5.97 Å². The van der Waals surface area contributed by atoms with Crippen LogP contribution in [-0.4, -0.2) is 16.9 Å². The Hall–Kier alpha value is -1.72. The average molecular weight is 361 g/mol. The number of carboxylic acid groups (broad SMARTS) is 1. The number of thiophene rings is 2. The number of allylic oxidation sites excluding steroid dienone is 2. The van der Waals surface area contributed by atoms with Gasteiger partial charge in [-0.05, 0) is 80.9 Å². The first-order valence-corrected chi connectivity index (χ1v) is 9.69. The number of aryl methyl sites for hydroxylation is 2. The lowest BCUT2D eigenvalue weighted by molar-refractivity contribution is 0.0702. The standard InChI is InChI=1S/C19H20O3S2/c1-10(20)17-8-15(11(2)23-17)13-6-4-5-7-14(13)16-9-18(19(21)22)24-12(16)3/h8-9H,4-7H2,1-3H3,(H,21,22). The minimum Gasteiger partial charge on any atom is -0.477 e. The fourth-order valence-corrected chi connectivity index (χ4v) is 5.17. The van der Waals surface area contributed by atoms with Crippen LogP contribution in [0.2, 0.25) is 0 Å². The zero-order chi connectivity index (χ0) is 17.4. The Kier molecular flexibility index (Phi) is 4.74. The second kappa shape index (κ2) is 6.65. The summed E-state index contributed by atoms with van der Waals surface area (Å²) in [6.07, 6.45) is 4.22. The molecule has 0 saturated carbocycles. The fourth-order valence-electron chi connectivity index (χ4n) is 3.34. The predicted octanol–water partition coefficient (Wildman–Crippen LogP) is 5.81. The van der Waals surface area contributed by atoms with E-state index in [-0.39, 0.29) is 5.78 Å². The van der Waals surface area contributed by atoms with E-state index in [2.05, 4.69) is 6.92 Å². The summed E-state index contributed by atoms with van der Waals surface area (Å²) in [5.41, 5.74) is 4.79. The van der Waals surface area contributed by atoms with Crippen LogP contribution in [0.3, 0.4) is 0 Å². The van der Waals surface area contributed by atoms with Crippen molar-refractivity contribution in [3.05, 3.63) is 42.8 Å². The maximum absolute atomic E-state index is 11.7. The zero-order valence-corrected chi connectivity index (χ0v) is 15.7. The minimum atomic E-state index is -0.863. The number of ketones is 1. The van der Waals surface area contributed by atoms with Crippen LogP contribution in [0.1, 0.15) is 72.8 Å². The number of carbonyl (C=O) groups is 2. The maximum atomic E-state index is 11.7. The van der Waals surface area contributed by atoms with E-state index in [1.54, 1.807) is 18.3 Å². The van der Waals surface area contributed by atoms with E-state index in [0.717, 1.165) is 41.0 Å². The van der Waals surface area contributed by atoms with Crippen molar-refractivity contribution in [2.45, 2.75) is 46.5 Å². The number of hydrogen-bond acceptors (Lipinski definition) is 4. The van der Waals surface area contributed by atoms with Gasteiger partial charge in [-0.1, -0.05) is 0 Å². The van der Waals surface area contributed by atoms with Crippen molar-refractivity contribution in [2.24, 2.45) is 0 Å². The van der Waals surface area contributed by atoms with Crippen LogP contribution in [0, 0.1) is 13.8 Å². The van der Waals surface area contributed by atoms with Gasteiger partial charge in [-0.15, -0.1) is 22.7 Å². The largest absolute Gasteiger partial charge is 0.477 e. The minimum absolute atomic E-state index is 0.104. The van der Waals surface area contributed by atoms with Crippen LogP contribution in [0.5, 0.6) is 0 Å². The lowest BCUT2D eigenvalue weighted by atomic mass is 9.84. The highest BCUT2D eigenvalue weighted by Crippen LogP contribution is 2.43. The Morgan fingerprint density at radius 1 is 0.917 bits per heavy atom. The molecule has 0 saturated heterocycles. The number of aromatic carboxylic acids is 1. The summed E-state index contributed by atoms with van der Waals surface area (Å²) in [7, 11) is 0. The molecule has 0 aromatic carbocycles. The van der Waals surface area contributed by atoms with Crippen LogP contribution < -0.4 is 0 Å². The zero-order valence-electron chi connectivity index (χ0n) is 14.1. The third kappa shape index (κ3) is 3.10. The Balaban J connectivity index is 2.15. The van der Waals surface area contributed by atoms with E-state index in [0.29, 0.717) is 4.88 Å². The Labute approximate surface area is 149 Å². The van der Waals surface area contributed by atoms with Gasteiger partial charge in [-0.2, -0.15) is 0 Å². The van der Waals surface area contributed by atoms with E-state index in [9.17, 15) is 14.7 Å². The van der Waals surface area contributed by atoms with Gasteiger partial charge in [0.15, 0.2) is 5.78 Å². The molecular formula is C19H20O3S2. The molecule has 2 aromatic heterocycles. The number of carbonyl (C=O) groups excluding carboxylic acids is 1. The van der Waals surface area contributed by atoms with Gasteiger partial charge < -0.3 is 5.11 Å². The van der Waals surface area contributed by atoms with Crippen LogP contribution >= 0.6 is 22.7 Å². The maximum Gasteiger partial charge on any atom is 0.345 e. The second-order valence-electron chi connectivity index (χ2n) is 6.19. The van der Waals surface area contributed by atoms with Crippen LogP contribution in [-0.2, 0) is 0 Å². The molecule has 1 aliphatic rings. The SMILES string of the molecule is CC(=O)c1cc(C2=C(c3cc(C(=O)O)sc3C)CCCC2)c(C)s1. The third-order valence-electron chi connectivity index (χ3n) is 4.51. The van der Waals surface area contributed by atoms with Crippen molar-refractivity contribution < 1.29 is 14.7 Å². The molecule has 0 spiro atoms. The first-order chi connectivity index (χ1) is 11.4. The Bertz CT molecular complexity index is 782. The van der Waals surface area contributed by atoms with Crippen molar-refractivity contribution in [2.75, 3.05) is 0 Å². The Morgan fingerprint density at radius 3 is 1.75 bits per heavy atom. The third-order valence-corrected chi connectivity index (χ3v) is 6.70. The van der Waals surface area contributed by atoms with Crippen molar-refractivity contribution >= 4 is 45.6 Å². The summed E-state index contributed by atoms with van der Waals surface area (Å²) in [6, 6.07) is 3.83. The van der Waals surface area contributed by atoms with Crippen molar-refractivity contribution in [3.63, 3.8) is 0 Å². The molecule has 0 bridgehead atoms. The summed E-state index contributed by atoms with van der Waals surface area (Å²) < 4.78 is 0. The normalized spacial score (nSPS) is 15.0. The molecule has 0 radical (unpaired) electrons. The topological polar surface area (TPSA) is 54.4 Å². The number of Topliss-reactive ketones (excluding diaryl/α,β-unsaturated/α-hetero) is 1. The van der Waals surface area contributed by atoms with Gasteiger partial charge in [0.25, 0.3) is 0 Å². The molecule has 3 nitrogen and oxygen atoms in total. The van der Waals surface area contributed by atoms with Crippen molar-refractivity contribution in [3.8, 4) is 0 Å². The molecule has 0 amide bonds. The van der Waals surface area contributed by atoms with Gasteiger partial charge in [0.2, 0.25) is 0 Å². The van der Waals surface area contributed by atoms with Gasteiger partial charge in [0.05, 0.1) is 4.88 Å². The fraction of sp³-hybridized carbons (Fsp3) is 0.368. The molecule has 24 heavy (non-hydrogen) atoms. The molecule has 0 fully saturated rings. The number of carboxylic acids is 1. The van der Waals surface area contributed by atoms with E-state index in [4.69, 9.17) is 0 Å². The highest BCUT2D eigenvalue weighted by atomic mass is 32.1. The molecule has 1 aliphatic carbocycles. The van der Waals surface area contributed by atoms with Gasteiger partial charge in [0, 0.05) is 9.75 Å². The molecule has 0 unspecified atom stereocenters. The smallest absolute Gasteiger partial charge is 0.345 e. The molecule has 126 valence electrons. The summed E-state index contributed by atoms with van der Waals surface area (Å²) in [4.78, 5) is 26.4.